The third kappa shape index (κ3) is 4.80. The Hall–Kier alpha value is -6.38. The molecule has 0 bridgehead atoms. The van der Waals surface area contributed by atoms with E-state index in [0.29, 0.717) is 0 Å². The average Bonchev–Trinajstić information content (AvgIpc) is 3.33. The highest BCUT2D eigenvalue weighted by Gasteiger charge is 2.50. The van der Waals surface area contributed by atoms with Crippen molar-refractivity contribution >= 4 is 139 Å². The van der Waals surface area contributed by atoms with Crippen molar-refractivity contribution in [1.29, 1.82) is 0 Å². The first-order valence-corrected chi connectivity index (χ1v) is 24.0. The number of nitrogens with zero attached hydrogens (tertiary/aromatic N) is 2. The van der Waals surface area contributed by atoms with Crippen molar-refractivity contribution < 1.29 is 4.74 Å². The zero-order valence-corrected chi connectivity index (χ0v) is 36.1. The van der Waals surface area contributed by atoms with E-state index in [4.69, 9.17) is 4.74 Å². The molecule has 63 heavy (non-hydrogen) atoms. The molecule has 290 valence electrons. The molecule has 0 atom stereocenters. The van der Waals surface area contributed by atoms with E-state index in [1.807, 2.05) is 35.3 Å². The van der Waals surface area contributed by atoms with E-state index in [1.165, 1.54) is 101 Å². The van der Waals surface area contributed by atoms with Gasteiger partial charge in [-0.15, -0.1) is 0 Å². The van der Waals surface area contributed by atoms with Gasteiger partial charge >= 0.3 is 0 Å². The van der Waals surface area contributed by atoms with E-state index in [0.717, 1.165) is 22.9 Å². The minimum atomic E-state index is -0.0582. The summed E-state index contributed by atoms with van der Waals surface area (Å²) in [7, 11) is 0. The van der Waals surface area contributed by atoms with Crippen LogP contribution < -0.4 is 63.7 Å². The molecule has 0 aliphatic carbocycles. The van der Waals surface area contributed by atoms with E-state index < -0.39 is 0 Å². The van der Waals surface area contributed by atoms with E-state index in [9.17, 15) is 0 Å². The van der Waals surface area contributed by atoms with Crippen molar-refractivity contribution in [3.05, 3.63) is 188 Å². The van der Waals surface area contributed by atoms with Gasteiger partial charge < -0.3 is 14.5 Å². The third-order valence-electron chi connectivity index (χ3n) is 13.9. The Labute approximate surface area is 379 Å². The Morgan fingerprint density at radius 1 is 0.317 bits per heavy atom. The van der Waals surface area contributed by atoms with Crippen LogP contribution in [0.3, 0.4) is 0 Å². The monoisotopic (exact) mass is 852 g/mol. The van der Waals surface area contributed by atoms with Crippen LogP contribution in [0.15, 0.2) is 217 Å². The summed E-state index contributed by atoms with van der Waals surface area (Å²) in [6.45, 7) is 0.134. The van der Waals surface area contributed by atoms with Crippen molar-refractivity contribution in [2.75, 3.05) is 9.80 Å². The van der Waals surface area contributed by atoms with Crippen molar-refractivity contribution in [3.63, 3.8) is 0 Å². The summed E-state index contributed by atoms with van der Waals surface area (Å²) in [6.07, 6.45) is 0. The summed E-state index contributed by atoms with van der Waals surface area (Å²) in [5, 5.41) is 0. The molecule has 9 aromatic rings. The first-order chi connectivity index (χ1) is 31.3. The highest BCUT2D eigenvalue weighted by molar-refractivity contribution is 8.01. The summed E-state index contributed by atoms with van der Waals surface area (Å²) in [6, 6.07) is 70.2. The molecule has 0 aromatic heterocycles. The molecule has 6 heterocycles. The average molecular weight is 852 g/mol. The van der Waals surface area contributed by atoms with Crippen LogP contribution in [0, 0.1) is 0 Å². The third-order valence-corrected chi connectivity index (χ3v) is 17.4. The van der Waals surface area contributed by atoms with Crippen LogP contribution in [-0.2, 0) is 0 Å². The van der Waals surface area contributed by atoms with Gasteiger partial charge in [-0.25, -0.2) is 0 Å². The van der Waals surface area contributed by atoms with Gasteiger partial charge in [0.25, 0.3) is 13.4 Å². The smallest absolute Gasteiger partial charge is 0.253 e. The number of rotatable bonds is 2. The largest absolute Gasteiger partial charge is 0.458 e. The lowest BCUT2D eigenvalue weighted by atomic mass is 9.30. The lowest BCUT2D eigenvalue weighted by Gasteiger charge is -2.46. The van der Waals surface area contributed by atoms with Gasteiger partial charge in [0.05, 0.1) is 0 Å². The molecule has 6 aliphatic rings. The van der Waals surface area contributed by atoms with Crippen molar-refractivity contribution in [1.82, 2.24) is 0 Å². The normalized spacial score (nSPS) is 14.8. The standard InChI is InChI=1S/C54H31B3N2OS3/c1-3-15-32(16-4-1)58-39-22-13-23-40-50(39)57(37-29-38-49(31-41(37)58)62-48-28-14-27-47-53(48)56(38)35-20-8-11-25-45(35)61-47)51-42(59(40)33-17-5-2-6-18-33)30-44-52-54(51)63-46-26-12-9-21-36(46)55(52)34-19-7-10-24-43(34)60-44/h1-31H. The number of hydrogen-bond donors (Lipinski definition) is 0. The Morgan fingerprint density at radius 3 is 1.59 bits per heavy atom. The molecule has 0 fully saturated rings. The number of fused-ring (bicyclic) bond motifs is 13. The molecule has 0 radical (unpaired) electrons. The van der Waals surface area contributed by atoms with Gasteiger partial charge in [-0.3, -0.25) is 0 Å². The highest BCUT2D eigenvalue weighted by atomic mass is 32.2. The van der Waals surface area contributed by atoms with Crippen molar-refractivity contribution in [2.45, 2.75) is 29.4 Å². The second kappa shape index (κ2) is 13.1. The van der Waals surface area contributed by atoms with Crippen molar-refractivity contribution in [2.24, 2.45) is 0 Å². The number of ether oxygens (including phenoxy) is 1. The summed E-state index contributed by atoms with van der Waals surface area (Å²) in [5.74, 6) is 1.88. The molecule has 0 unspecified atom stereocenters. The predicted molar refractivity (Wildman–Crippen MR) is 268 cm³/mol. The van der Waals surface area contributed by atoms with Gasteiger partial charge in [-0.05, 0) is 106 Å². The molecule has 9 aromatic carbocycles. The van der Waals surface area contributed by atoms with Gasteiger partial charge in [0.1, 0.15) is 11.5 Å². The fraction of sp³-hybridized carbons (Fsp3) is 0. The second-order valence-electron chi connectivity index (χ2n) is 17.0. The molecule has 15 rings (SSSR count). The quantitative estimate of drug-likeness (QED) is 0.162. The molecule has 9 heteroatoms. The lowest BCUT2D eigenvalue weighted by molar-refractivity contribution is 0.486. The molecule has 3 nitrogen and oxygen atoms in total. The van der Waals surface area contributed by atoms with E-state index in [1.54, 1.807) is 0 Å². The molecule has 6 aliphatic heterocycles. The van der Waals surface area contributed by atoms with E-state index in [2.05, 4.69) is 198 Å². The number of hydrogen-bond acceptors (Lipinski definition) is 6. The Kier molecular flexibility index (Phi) is 7.30. The van der Waals surface area contributed by atoms with Gasteiger partial charge in [0.2, 0.25) is 6.71 Å². The van der Waals surface area contributed by atoms with Crippen LogP contribution >= 0.6 is 35.3 Å². The minimum absolute atomic E-state index is 0.0551. The van der Waals surface area contributed by atoms with Crippen LogP contribution in [-0.4, -0.2) is 20.1 Å². The number of benzene rings is 9. The number of anilines is 6. The number of para-hydroxylation sites is 3. The van der Waals surface area contributed by atoms with E-state index in [-0.39, 0.29) is 20.1 Å². The molecule has 0 amide bonds. The Morgan fingerprint density at radius 2 is 0.873 bits per heavy atom. The Bertz CT molecular complexity index is 3450. The molecule has 0 N–H and O–H groups in total. The first kappa shape index (κ1) is 35.1. The maximum atomic E-state index is 7.06. The van der Waals surface area contributed by atoms with Gasteiger partial charge in [0, 0.05) is 69.6 Å². The summed E-state index contributed by atoms with van der Waals surface area (Å²) in [4.78, 5) is 13.1. The lowest BCUT2D eigenvalue weighted by Crippen LogP contribution is -2.66. The predicted octanol–water partition coefficient (Wildman–Crippen LogP) is 8.30. The molecule has 0 spiro atoms. The highest BCUT2D eigenvalue weighted by Crippen LogP contribution is 2.49. The minimum Gasteiger partial charge on any atom is -0.458 e. The topological polar surface area (TPSA) is 15.7 Å². The summed E-state index contributed by atoms with van der Waals surface area (Å²) >= 11 is 5.79. The van der Waals surface area contributed by atoms with Gasteiger partial charge in [-0.1, -0.05) is 161 Å². The molecule has 0 saturated carbocycles. The van der Waals surface area contributed by atoms with E-state index >= 15 is 0 Å². The van der Waals surface area contributed by atoms with Gasteiger partial charge in [-0.2, -0.15) is 0 Å². The first-order valence-electron chi connectivity index (χ1n) is 21.6. The fourth-order valence-corrected chi connectivity index (χ4v) is 15.2. The van der Waals surface area contributed by atoms with Crippen LogP contribution in [0.25, 0.3) is 0 Å². The molecular formula is C54H31B3N2OS3. The SMILES string of the molecule is c1ccc(N2c3cc4c(cc3B3c5c2cccc5N(c2ccccc2)c2cc5c6c(c23)Sc2ccccc2B6c2ccccc2O5)B2c3ccccc3Sc3cccc(c32)S4)cc1. The Balaban J connectivity index is 1.07. The van der Waals surface area contributed by atoms with Crippen LogP contribution in [0.5, 0.6) is 11.5 Å². The molecular weight excluding hydrogens is 821 g/mol. The summed E-state index contributed by atoms with van der Waals surface area (Å²) in [5.41, 5.74) is 19.2. The molecule has 0 saturated heterocycles. The van der Waals surface area contributed by atoms with Crippen molar-refractivity contribution in [3.8, 4) is 11.5 Å². The maximum Gasteiger partial charge on any atom is 0.253 e. The maximum absolute atomic E-state index is 7.06. The van der Waals surface area contributed by atoms with Gasteiger partial charge in [0.15, 0.2) is 0 Å². The fourth-order valence-electron chi connectivity index (χ4n) is 11.4. The second-order valence-corrected chi connectivity index (χ2v) is 20.3. The summed E-state index contributed by atoms with van der Waals surface area (Å²) < 4.78 is 7.06. The van der Waals surface area contributed by atoms with Crippen LogP contribution in [0.2, 0.25) is 0 Å². The zero-order chi connectivity index (χ0) is 40.9. The van der Waals surface area contributed by atoms with Crippen LogP contribution in [0.4, 0.5) is 34.1 Å². The zero-order valence-electron chi connectivity index (χ0n) is 33.7. The van der Waals surface area contributed by atoms with Crippen LogP contribution in [0.1, 0.15) is 0 Å².